The number of hydrogen-bond donors (Lipinski definition) is 0. The van der Waals surface area contributed by atoms with Gasteiger partial charge < -0.3 is 4.90 Å². The van der Waals surface area contributed by atoms with Crippen molar-refractivity contribution in [1.29, 1.82) is 5.26 Å². The van der Waals surface area contributed by atoms with Crippen molar-refractivity contribution in [2.75, 3.05) is 18.0 Å². The Balaban J connectivity index is 2.40. The Morgan fingerprint density at radius 2 is 2.00 bits per heavy atom. The molecule has 2 nitrogen and oxygen atoms in total. The molecular formula is C11H10FIN2. The van der Waals surface area contributed by atoms with Crippen LogP contribution < -0.4 is 4.90 Å². The second kappa shape index (κ2) is 4.35. The standard InChI is InChI=1S/C11H10FIN2/c12-9-6-11(15-3-1-2-4-15)10(13)5-8(9)7-14/h5-6H,1-4H2. The molecule has 1 heterocycles. The number of rotatable bonds is 1. The molecule has 1 fully saturated rings. The van der Waals surface area contributed by atoms with Crippen LogP contribution in [0, 0.1) is 20.7 Å². The van der Waals surface area contributed by atoms with Gasteiger partial charge in [-0.2, -0.15) is 5.26 Å². The van der Waals surface area contributed by atoms with E-state index in [2.05, 4.69) is 27.5 Å². The summed E-state index contributed by atoms with van der Waals surface area (Å²) < 4.78 is 14.4. The zero-order chi connectivity index (χ0) is 10.8. The van der Waals surface area contributed by atoms with Gasteiger partial charge in [0.15, 0.2) is 0 Å². The number of benzene rings is 1. The zero-order valence-corrected chi connectivity index (χ0v) is 10.3. The molecule has 15 heavy (non-hydrogen) atoms. The fourth-order valence-electron chi connectivity index (χ4n) is 1.82. The van der Waals surface area contributed by atoms with Crippen molar-refractivity contribution in [3.05, 3.63) is 27.1 Å². The molecule has 0 bridgehead atoms. The second-order valence-corrected chi connectivity index (χ2v) is 4.75. The summed E-state index contributed by atoms with van der Waals surface area (Å²) in [6.45, 7) is 1.97. The Bertz CT molecular complexity index is 419. The molecule has 2 rings (SSSR count). The van der Waals surface area contributed by atoms with E-state index in [0.717, 1.165) is 35.2 Å². The Labute approximate surface area is 102 Å². The van der Waals surface area contributed by atoms with Crippen molar-refractivity contribution in [3.8, 4) is 6.07 Å². The topological polar surface area (TPSA) is 27.0 Å². The van der Waals surface area contributed by atoms with E-state index < -0.39 is 5.82 Å². The largest absolute Gasteiger partial charge is 0.371 e. The molecule has 0 saturated carbocycles. The third-order valence-electron chi connectivity index (χ3n) is 2.60. The number of halogens is 2. The van der Waals surface area contributed by atoms with Gasteiger partial charge in [0.25, 0.3) is 0 Å². The highest BCUT2D eigenvalue weighted by Crippen LogP contribution is 2.28. The molecular weight excluding hydrogens is 306 g/mol. The monoisotopic (exact) mass is 316 g/mol. The van der Waals surface area contributed by atoms with Crippen molar-refractivity contribution in [2.24, 2.45) is 0 Å². The van der Waals surface area contributed by atoms with Crippen LogP contribution in [-0.2, 0) is 0 Å². The molecule has 0 unspecified atom stereocenters. The summed E-state index contributed by atoms with van der Waals surface area (Å²) in [6.07, 6.45) is 2.33. The van der Waals surface area contributed by atoms with Gasteiger partial charge in [-0.1, -0.05) is 0 Å². The van der Waals surface area contributed by atoms with Crippen molar-refractivity contribution in [3.63, 3.8) is 0 Å². The summed E-state index contributed by atoms with van der Waals surface area (Å²) in [5, 5.41) is 8.69. The van der Waals surface area contributed by atoms with E-state index >= 15 is 0 Å². The smallest absolute Gasteiger partial charge is 0.143 e. The summed E-state index contributed by atoms with van der Waals surface area (Å²) in [6, 6.07) is 4.95. The van der Waals surface area contributed by atoms with Crippen LogP contribution >= 0.6 is 22.6 Å². The van der Waals surface area contributed by atoms with E-state index in [1.54, 1.807) is 6.07 Å². The van der Waals surface area contributed by atoms with Gasteiger partial charge in [-0.3, -0.25) is 0 Å². The van der Waals surface area contributed by atoms with E-state index in [1.165, 1.54) is 6.07 Å². The maximum absolute atomic E-state index is 13.4. The predicted octanol–water partition coefficient (Wildman–Crippen LogP) is 2.90. The summed E-state index contributed by atoms with van der Waals surface area (Å²) in [5.74, 6) is -0.417. The Kier molecular flexibility index (Phi) is 3.10. The molecule has 1 aliphatic rings. The normalized spacial score (nSPS) is 15.4. The van der Waals surface area contributed by atoms with Crippen molar-refractivity contribution in [1.82, 2.24) is 0 Å². The third-order valence-corrected chi connectivity index (χ3v) is 3.47. The first kappa shape index (κ1) is 10.7. The predicted molar refractivity (Wildman–Crippen MR) is 65.3 cm³/mol. The Morgan fingerprint density at radius 3 is 2.60 bits per heavy atom. The molecule has 0 N–H and O–H groups in total. The molecule has 1 saturated heterocycles. The van der Waals surface area contributed by atoms with Crippen LogP contribution in [0.1, 0.15) is 18.4 Å². The van der Waals surface area contributed by atoms with E-state index in [0.29, 0.717) is 0 Å². The fourth-order valence-corrected chi connectivity index (χ4v) is 2.63. The van der Waals surface area contributed by atoms with Gasteiger partial charge in [0.05, 0.1) is 11.3 Å². The summed E-state index contributed by atoms with van der Waals surface area (Å²) in [4.78, 5) is 2.17. The fraction of sp³-hybridized carbons (Fsp3) is 0.364. The molecule has 0 aliphatic carbocycles. The number of hydrogen-bond acceptors (Lipinski definition) is 2. The lowest BCUT2D eigenvalue weighted by Crippen LogP contribution is -2.19. The summed E-state index contributed by atoms with van der Waals surface area (Å²) >= 11 is 2.16. The van der Waals surface area contributed by atoms with Gasteiger partial charge >= 0.3 is 0 Å². The maximum Gasteiger partial charge on any atom is 0.143 e. The van der Waals surface area contributed by atoms with Crippen LogP contribution in [0.15, 0.2) is 12.1 Å². The van der Waals surface area contributed by atoms with Crippen LogP contribution in [0.4, 0.5) is 10.1 Å². The minimum atomic E-state index is -0.417. The average molecular weight is 316 g/mol. The van der Waals surface area contributed by atoms with E-state index in [4.69, 9.17) is 5.26 Å². The SMILES string of the molecule is N#Cc1cc(I)c(N2CCCC2)cc1F. The van der Waals surface area contributed by atoms with Crippen LogP contribution in [0.2, 0.25) is 0 Å². The molecule has 0 atom stereocenters. The molecule has 0 radical (unpaired) electrons. The van der Waals surface area contributed by atoms with Gasteiger partial charge in [0.2, 0.25) is 0 Å². The minimum Gasteiger partial charge on any atom is -0.371 e. The van der Waals surface area contributed by atoms with E-state index in [-0.39, 0.29) is 5.56 Å². The van der Waals surface area contributed by atoms with Crippen LogP contribution in [0.3, 0.4) is 0 Å². The first-order valence-electron chi connectivity index (χ1n) is 4.86. The Hall–Kier alpha value is -0.830. The Morgan fingerprint density at radius 1 is 1.33 bits per heavy atom. The molecule has 0 spiro atoms. The van der Waals surface area contributed by atoms with Crippen LogP contribution in [-0.4, -0.2) is 13.1 Å². The average Bonchev–Trinajstić information content (AvgIpc) is 2.74. The molecule has 78 valence electrons. The molecule has 1 aromatic rings. The lowest BCUT2D eigenvalue weighted by Gasteiger charge is -2.19. The quantitative estimate of drug-likeness (QED) is 0.745. The second-order valence-electron chi connectivity index (χ2n) is 3.59. The van der Waals surface area contributed by atoms with Crippen LogP contribution in [0.25, 0.3) is 0 Å². The van der Waals surface area contributed by atoms with E-state index in [1.807, 2.05) is 6.07 Å². The number of nitriles is 1. The van der Waals surface area contributed by atoms with Crippen molar-refractivity contribution >= 4 is 28.3 Å². The molecule has 1 aliphatic heterocycles. The third kappa shape index (κ3) is 2.07. The van der Waals surface area contributed by atoms with Gasteiger partial charge in [-0.25, -0.2) is 4.39 Å². The van der Waals surface area contributed by atoms with Gasteiger partial charge in [-0.15, -0.1) is 0 Å². The minimum absolute atomic E-state index is 0.127. The maximum atomic E-state index is 13.4. The lowest BCUT2D eigenvalue weighted by molar-refractivity contribution is 0.623. The highest BCUT2D eigenvalue weighted by Gasteiger charge is 2.17. The number of anilines is 1. The molecule has 0 aromatic heterocycles. The van der Waals surface area contributed by atoms with Gasteiger partial charge in [-0.05, 0) is 47.6 Å². The molecule has 0 amide bonds. The first-order valence-corrected chi connectivity index (χ1v) is 5.94. The van der Waals surface area contributed by atoms with Gasteiger partial charge in [0.1, 0.15) is 11.9 Å². The van der Waals surface area contributed by atoms with E-state index in [9.17, 15) is 4.39 Å². The number of nitrogens with zero attached hydrogens (tertiary/aromatic N) is 2. The summed E-state index contributed by atoms with van der Waals surface area (Å²) in [5.41, 5.74) is 1.05. The van der Waals surface area contributed by atoms with Crippen LogP contribution in [0.5, 0.6) is 0 Å². The highest BCUT2D eigenvalue weighted by molar-refractivity contribution is 14.1. The highest BCUT2D eigenvalue weighted by atomic mass is 127. The van der Waals surface area contributed by atoms with Gasteiger partial charge in [0, 0.05) is 16.7 Å². The lowest BCUT2D eigenvalue weighted by atomic mass is 10.2. The molecule has 4 heteroatoms. The first-order chi connectivity index (χ1) is 7.22. The summed E-state index contributed by atoms with van der Waals surface area (Å²) in [7, 11) is 0. The van der Waals surface area contributed by atoms with Crippen molar-refractivity contribution < 1.29 is 4.39 Å². The molecule has 1 aromatic carbocycles. The van der Waals surface area contributed by atoms with Crippen molar-refractivity contribution in [2.45, 2.75) is 12.8 Å². The zero-order valence-electron chi connectivity index (χ0n) is 8.13.